The molecular weight excluding hydrogens is 422 g/mol. The maximum Gasteiger partial charge on any atom is 0.350 e. The third-order valence-electron chi connectivity index (χ3n) is 9.69. The first kappa shape index (κ1) is 22.4. The number of fused-ring (bicyclic) bond motifs is 5. The Bertz CT molecular complexity index is 924. The van der Waals surface area contributed by atoms with Gasteiger partial charge >= 0.3 is 5.12 Å². The van der Waals surface area contributed by atoms with Gasteiger partial charge in [-0.3, -0.25) is 4.68 Å². The Labute approximate surface area is 193 Å². The third-order valence-corrected chi connectivity index (χ3v) is 11.6. The predicted octanol–water partition coefficient (Wildman–Crippen LogP) is 3.80. The molecule has 1 aromatic heterocycles. The van der Waals surface area contributed by atoms with Gasteiger partial charge < -0.3 is 9.66 Å². The summed E-state index contributed by atoms with van der Waals surface area (Å²) in [6.07, 6.45) is 12.6. The van der Waals surface area contributed by atoms with Crippen molar-refractivity contribution in [2.24, 2.45) is 35.0 Å². The van der Waals surface area contributed by atoms with Crippen molar-refractivity contribution in [3.63, 3.8) is 0 Å². The van der Waals surface area contributed by atoms with Crippen molar-refractivity contribution in [2.45, 2.75) is 89.0 Å². The molecule has 4 saturated carbocycles. The van der Waals surface area contributed by atoms with Crippen LogP contribution in [0, 0.1) is 46.3 Å². The molecule has 4 aliphatic rings. The van der Waals surface area contributed by atoms with Crippen LogP contribution in [0.3, 0.4) is 0 Å². The van der Waals surface area contributed by atoms with Crippen LogP contribution in [-0.2, 0) is 22.5 Å². The maximum atomic E-state index is 13.4. The Morgan fingerprint density at radius 1 is 1.22 bits per heavy atom. The van der Waals surface area contributed by atoms with Crippen molar-refractivity contribution >= 4 is 16.3 Å². The highest BCUT2D eigenvalue weighted by atomic mass is 32.2. The lowest BCUT2D eigenvalue weighted by Gasteiger charge is -2.56. The zero-order chi connectivity index (χ0) is 22.7. The van der Waals surface area contributed by atoms with Crippen LogP contribution in [0.1, 0.15) is 77.2 Å². The zero-order valence-electron chi connectivity index (χ0n) is 19.2. The lowest BCUT2D eigenvalue weighted by Crippen LogP contribution is -2.52. The van der Waals surface area contributed by atoms with Gasteiger partial charge in [-0.15, -0.1) is 0 Å². The quantitative estimate of drug-likeness (QED) is 0.696. The van der Waals surface area contributed by atoms with E-state index in [0.717, 1.165) is 50.4 Å². The minimum Gasteiger partial charge on any atom is -0.609 e. The van der Waals surface area contributed by atoms with Gasteiger partial charge in [-0.1, -0.05) is 6.92 Å². The number of carbonyl (C=O) groups is 1. The summed E-state index contributed by atoms with van der Waals surface area (Å²) in [4.78, 5) is 12.9. The Morgan fingerprint density at radius 2 is 2.00 bits per heavy atom. The first-order chi connectivity index (χ1) is 15.2. The normalized spacial score (nSPS) is 44.1. The van der Waals surface area contributed by atoms with Crippen molar-refractivity contribution < 1.29 is 14.5 Å². The van der Waals surface area contributed by atoms with Gasteiger partial charge in [0.2, 0.25) is 0 Å². The molecular formula is C25H35N3O3S. The highest BCUT2D eigenvalue weighted by Gasteiger charge is 2.61. The van der Waals surface area contributed by atoms with E-state index in [4.69, 9.17) is 5.26 Å². The van der Waals surface area contributed by atoms with Crippen LogP contribution in [0.4, 0.5) is 0 Å². The highest BCUT2D eigenvalue weighted by Crippen LogP contribution is 2.64. The van der Waals surface area contributed by atoms with Gasteiger partial charge in [0.15, 0.2) is 6.54 Å². The van der Waals surface area contributed by atoms with Crippen molar-refractivity contribution in [1.82, 2.24) is 9.78 Å². The van der Waals surface area contributed by atoms with Crippen molar-refractivity contribution in [1.29, 1.82) is 5.26 Å². The van der Waals surface area contributed by atoms with Gasteiger partial charge in [0.1, 0.15) is 11.3 Å². The van der Waals surface area contributed by atoms with Gasteiger partial charge in [0, 0.05) is 22.8 Å². The van der Waals surface area contributed by atoms with E-state index in [9.17, 15) is 14.5 Å². The smallest absolute Gasteiger partial charge is 0.350 e. The van der Waals surface area contributed by atoms with Crippen LogP contribution in [0.5, 0.6) is 0 Å². The van der Waals surface area contributed by atoms with Crippen molar-refractivity contribution in [2.75, 3.05) is 0 Å². The van der Waals surface area contributed by atoms with Gasteiger partial charge in [0.25, 0.3) is 0 Å². The van der Waals surface area contributed by atoms with Crippen LogP contribution in [0.15, 0.2) is 12.4 Å². The van der Waals surface area contributed by atoms with Crippen LogP contribution in [0.25, 0.3) is 0 Å². The summed E-state index contributed by atoms with van der Waals surface area (Å²) in [5.74, 6) is 3.36. The van der Waals surface area contributed by atoms with Gasteiger partial charge in [-0.2, -0.15) is 10.4 Å². The number of rotatable bonds is 3. The molecule has 9 atom stereocenters. The topological polar surface area (TPSA) is 102 Å². The second kappa shape index (κ2) is 8.14. The monoisotopic (exact) mass is 457 g/mol. The molecule has 4 fully saturated rings. The van der Waals surface area contributed by atoms with Gasteiger partial charge in [-0.25, -0.2) is 4.79 Å². The highest BCUT2D eigenvalue weighted by molar-refractivity contribution is 8.06. The molecule has 32 heavy (non-hydrogen) atoms. The molecule has 174 valence electrons. The molecule has 0 radical (unpaired) electrons. The molecule has 1 unspecified atom stereocenters. The van der Waals surface area contributed by atoms with E-state index in [-0.39, 0.29) is 22.3 Å². The Balaban J connectivity index is 1.28. The van der Waals surface area contributed by atoms with E-state index in [1.165, 1.54) is 30.1 Å². The first-order valence-electron chi connectivity index (χ1n) is 12.3. The second-order valence-corrected chi connectivity index (χ2v) is 13.1. The number of carbonyl (C=O) groups excluding carboxylic acids is 1. The minimum absolute atomic E-state index is 0.0265. The van der Waals surface area contributed by atoms with E-state index in [1.807, 2.05) is 13.0 Å². The van der Waals surface area contributed by atoms with E-state index < -0.39 is 16.8 Å². The number of hydrogen-bond acceptors (Lipinski definition) is 5. The molecule has 0 aliphatic heterocycles. The van der Waals surface area contributed by atoms with E-state index in [2.05, 4.69) is 12.0 Å². The van der Waals surface area contributed by atoms with Crippen LogP contribution in [-0.4, -0.2) is 35.4 Å². The fraction of sp³-hybridized carbons (Fsp3) is 0.800. The Kier molecular flexibility index (Phi) is 5.71. The van der Waals surface area contributed by atoms with Gasteiger partial charge in [0.05, 0.1) is 17.4 Å². The number of aliphatic hydroxyl groups is 1. The molecule has 0 saturated heterocycles. The molecule has 4 aliphatic carbocycles. The molecule has 1 N–H and O–H groups in total. The zero-order valence-corrected chi connectivity index (χ0v) is 20.0. The Morgan fingerprint density at radius 3 is 2.75 bits per heavy atom. The number of hydrogen-bond donors (Lipinski definition) is 1. The molecule has 1 heterocycles. The standard InChI is InChI=1S/C25H35N3O3S/c1-24(30)9-7-18-17(11-24)3-4-20-19(18)8-10-25(2)21(20)5-6-22(25)32(31)23(29)15-28-14-16(12-26)13-27-28/h13-14,17-22,30H,3-11,15H2,1-2H3/t17-,18+,19-,20-,21+,22+,24-,25+,32?/m1/s1. The molecule has 6 nitrogen and oxygen atoms in total. The largest absolute Gasteiger partial charge is 0.609 e. The lowest BCUT2D eigenvalue weighted by atomic mass is 9.50. The SMILES string of the molecule is C[C@@]1(O)CC[C@H]2[C@H](CC[C@@H]3[C@@H]2CC[C@]2(C)[C@@H]([S+]([O-])C(=O)Cn4cc(C#N)cn4)CC[C@@H]32)C1. The fourth-order valence-electron chi connectivity index (χ4n) is 8.25. The number of aromatic nitrogens is 2. The number of nitriles is 1. The molecule has 0 spiro atoms. The van der Waals surface area contributed by atoms with E-state index in [0.29, 0.717) is 23.3 Å². The first-order valence-corrected chi connectivity index (χ1v) is 13.5. The molecule has 0 aromatic carbocycles. The Hall–Kier alpha value is -1.36. The maximum absolute atomic E-state index is 13.4. The summed E-state index contributed by atoms with van der Waals surface area (Å²) in [7, 11) is 0. The molecule has 5 rings (SSSR count). The second-order valence-electron chi connectivity index (χ2n) is 11.5. The lowest BCUT2D eigenvalue weighted by molar-refractivity contribution is -0.112. The van der Waals surface area contributed by atoms with Crippen LogP contribution >= 0.6 is 0 Å². The summed E-state index contributed by atoms with van der Waals surface area (Å²) < 4.78 is 14.8. The molecule has 7 heteroatoms. The summed E-state index contributed by atoms with van der Waals surface area (Å²) in [6.45, 7) is 4.28. The average Bonchev–Trinajstić information content (AvgIpc) is 3.35. The summed E-state index contributed by atoms with van der Waals surface area (Å²) in [5, 5.41) is 23.3. The van der Waals surface area contributed by atoms with E-state index >= 15 is 0 Å². The number of nitrogens with zero attached hydrogens (tertiary/aromatic N) is 3. The van der Waals surface area contributed by atoms with Crippen LogP contribution < -0.4 is 0 Å². The summed E-state index contributed by atoms with van der Waals surface area (Å²) >= 11 is -1.54. The predicted molar refractivity (Wildman–Crippen MR) is 122 cm³/mol. The van der Waals surface area contributed by atoms with Crippen molar-refractivity contribution in [3.05, 3.63) is 18.0 Å². The minimum atomic E-state index is -1.54. The molecule has 0 bridgehead atoms. The third kappa shape index (κ3) is 3.73. The summed E-state index contributed by atoms with van der Waals surface area (Å²) in [5.41, 5.74) is -0.110. The van der Waals surface area contributed by atoms with E-state index in [1.54, 1.807) is 6.20 Å². The van der Waals surface area contributed by atoms with Gasteiger partial charge in [-0.05, 0) is 94.3 Å². The average molecular weight is 458 g/mol. The fourth-order valence-corrected chi connectivity index (χ4v) is 9.96. The van der Waals surface area contributed by atoms with Crippen molar-refractivity contribution in [3.8, 4) is 6.07 Å². The van der Waals surface area contributed by atoms with Crippen LogP contribution in [0.2, 0.25) is 0 Å². The summed E-state index contributed by atoms with van der Waals surface area (Å²) in [6, 6.07) is 2.01. The molecule has 0 amide bonds. The molecule has 1 aromatic rings.